The minimum atomic E-state index is -0.533. The number of benzene rings is 2. The standard InChI is InChI=1S/C18H21N3O5/c1-4-15(12-5-8-14(25-2)9-6-12)19-18(22)20-16-11-13(21(23)24)7-10-17(16)26-3/h5-11,15H,4H2,1-3H3,(H2,19,20,22)/t15-/m1/s1. The summed E-state index contributed by atoms with van der Waals surface area (Å²) in [6.45, 7) is 1.95. The number of nitrogens with one attached hydrogen (secondary N) is 2. The molecule has 2 aromatic rings. The maximum Gasteiger partial charge on any atom is 0.319 e. The highest BCUT2D eigenvalue weighted by Crippen LogP contribution is 2.29. The van der Waals surface area contributed by atoms with Crippen LogP contribution in [0.2, 0.25) is 0 Å². The molecule has 2 amide bonds. The van der Waals surface area contributed by atoms with E-state index in [1.165, 1.54) is 25.3 Å². The first-order valence-electron chi connectivity index (χ1n) is 8.02. The van der Waals surface area contributed by atoms with Crippen LogP contribution >= 0.6 is 0 Å². The van der Waals surface area contributed by atoms with Crippen molar-refractivity contribution < 1.29 is 19.2 Å². The van der Waals surface area contributed by atoms with Crippen LogP contribution in [0.25, 0.3) is 0 Å². The van der Waals surface area contributed by atoms with Gasteiger partial charge in [0.05, 0.1) is 30.9 Å². The number of rotatable bonds is 7. The number of nitrogens with zero attached hydrogens (tertiary/aromatic N) is 1. The third-order valence-corrected chi connectivity index (χ3v) is 3.87. The van der Waals surface area contributed by atoms with Gasteiger partial charge >= 0.3 is 6.03 Å². The average molecular weight is 359 g/mol. The molecule has 0 saturated carbocycles. The van der Waals surface area contributed by atoms with Gasteiger partial charge < -0.3 is 20.1 Å². The molecular formula is C18H21N3O5. The molecule has 2 aromatic carbocycles. The van der Waals surface area contributed by atoms with Crippen LogP contribution in [0.4, 0.5) is 16.2 Å². The summed E-state index contributed by atoms with van der Waals surface area (Å²) < 4.78 is 10.3. The van der Waals surface area contributed by atoms with E-state index in [2.05, 4.69) is 10.6 Å². The first kappa shape index (κ1) is 19.0. The third kappa shape index (κ3) is 4.62. The number of urea groups is 1. The highest BCUT2D eigenvalue weighted by Gasteiger charge is 2.16. The van der Waals surface area contributed by atoms with Crippen LogP contribution < -0.4 is 20.1 Å². The Bertz CT molecular complexity index is 777. The lowest BCUT2D eigenvalue weighted by Gasteiger charge is -2.19. The molecule has 0 fully saturated rings. The number of nitro benzene ring substituents is 1. The molecular weight excluding hydrogens is 338 g/mol. The number of anilines is 1. The summed E-state index contributed by atoms with van der Waals surface area (Å²) in [5.74, 6) is 1.07. The number of amides is 2. The van der Waals surface area contributed by atoms with Crippen LogP contribution in [0.5, 0.6) is 11.5 Å². The van der Waals surface area contributed by atoms with Gasteiger partial charge in [-0.25, -0.2) is 4.79 Å². The number of carbonyl (C=O) groups excluding carboxylic acids is 1. The van der Waals surface area contributed by atoms with Gasteiger partial charge in [0.25, 0.3) is 5.69 Å². The number of carbonyl (C=O) groups is 1. The van der Waals surface area contributed by atoms with Crippen molar-refractivity contribution >= 4 is 17.4 Å². The number of hydrogen-bond donors (Lipinski definition) is 2. The summed E-state index contributed by atoms with van der Waals surface area (Å²) in [6, 6.07) is 10.7. The van der Waals surface area contributed by atoms with E-state index in [1.54, 1.807) is 7.11 Å². The Morgan fingerprint density at radius 2 is 1.85 bits per heavy atom. The molecule has 2 rings (SSSR count). The first-order valence-corrected chi connectivity index (χ1v) is 8.02. The predicted octanol–water partition coefficient (Wildman–Crippen LogP) is 3.88. The molecule has 0 heterocycles. The van der Waals surface area contributed by atoms with Gasteiger partial charge in [-0.1, -0.05) is 19.1 Å². The van der Waals surface area contributed by atoms with Gasteiger partial charge in [-0.3, -0.25) is 10.1 Å². The Kier molecular flexibility index (Phi) is 6.37. The van der Waals surface area contributed by atoms with Crippen LogP contribution in [0.15, 0.2) is 42.5 Å². The zero-order chi connectivity index (χ0) is 19.1. The smallest absolute Gasteiger partial charge is 0.319 e. The fraction of sp³-hybridized carbons (Fsp3) is 0.278. The zero-order valence-electron chi connectivity index (χ0n) is 14.8. The summed E-state index contributed by atoms with van der Waals surface area (Å²) in [7, 11) is 3.01. The van der Waals surface area contributed by atoms with Crippen LogP contribution in [0.1, 0.15) is 24.9 Å². The topological polar surface area (TPSA) is 103 Å². The Hall–Kier alpha value is -3.29. The van der Waals surface area contributed by atoms with Gasteiger partial charge in [-0.2, -0.15) is 0 Å². The van der Waals surface area contributed by atoms with E-state index in [1.807, 2.05) is 31.2 Å². The molecule has 0 saturated heterocycles. The van der Waals surface area contributed by atoms with Crippen molar-refractivity contribution in [3.63, 3.8) is 0 Å². The molecule has 1 atom stereocenters. The lowest BCUT2D eigenvalue weighted by atomic mass is 10.0. The second kappa shape index (κ2) is 8.70. The van der Waals surface area contributed by atoms with E-state index in [0.29, 0.717) is 12.2 Å². The SMILES string of the molecule is CC[C@@H](NC(=O)Nc1cc([N+](=O)[O-])ccc1OC)c1ccc(OC)cc1. The molecule has 0 radical (unpaired) electrons. The van der Waals surface area contributed by atoms with Crippen molar-refractivity contribution in [2.45, 2.75) is 19.4 Å². The average Bonchev–Trinajstić information content (AvgIpc) is 2.66. The maximum absolute atomic E-state index is 12.4. The zero-order valence-corrected chi connectivity index (χ0v) is 14.8. The summed E-state index contributed by atoms with van der Waals surface area (Å²) in [5, 5.41) is 16.4. The molecule has 0 spiro atoms. The second-order valence-electron chi connectivity index (χ2n) is 5.47. The lowest BCUT2D eigenvalue weighted by molar-refractivity contribution is -0.384. The number of ether oxygens (including phenoxy) is 2. The van der Waals surface area contributed by atoms with E-state index in [0.717, 1.165) is 11.3 Å². The van der Waals surface area contributed by atoms with Crippen LogP contribution in [0, 0.1) is 10.1 Å². The van der Waals surface area contributed by atoms with Gasteiger partial charge in [0.15, 0.2) is 0 Å². The first-order chi connectivity index (χ1) is 12.5. The Balaban J connectivity index is 2.13. The van der Waals surface area contributed by atoms with Gasteiger partial charge in [0.2, 0.25) is 0 Å². The van der Waals surface area contributed by atoms with Crippen LogP contribution in [-0.4, -0.2) is 25.2 Å². The Morgan fingerprint density at radius 1 is 1.15 bits per heavy atom. The van der Waals surface area contributed by atoms with Crippen molar-refractivity contribution in [1.29, 1.82) is 0 Å². The number of methoxy groups -OCH3 is 2. The summed E-state index contributed by atoms with van der Waals surface area (Å²) in [5.41, 5.74) is 1.02. The molecule has 0 aliphatic carbocycles. The van der Waals surface area contributed by atoms with Crippen molar-refractivity contribution in [3.05, 3.63) is 58.1 Å². The normalized spacial score (nSPS) is 11.3. The van der Waals surface area contributed by atoms with Crippen molar-refractivity contribution in [3.8, 4) is 11.5 Å². The van der Waals surface area contributed by atoms with E-state index in [4.69, 9.17) is 9.47 Å². The molecule has 2 N–H and O–H groups in total. The molecule has 138 valence electrons. The van der Waals surface area contributed by atoms with Crippen molar-refractivity contribution in [2.24, 2.45) is 0 Å². The van der Waals surface area contributed by atoms with Crippen molar-refractivity contribution in [1.82, 2.24) is 5.32 Å². The molecule has 0 bridgehead atoms. The third-order valence-electron chi connectivity index (χ3n) is 3.87. The summed E-state index contributed by atoms with van der Waals surface area (Å²) >= 11 is 0. The summed E-state index contributed by atoms with van der Waals surface area (Å²) in [4.78, 5) is 22.7. The molecule has 0 aliphatic rings. The summed E-state index contributed by atoms with van der Waals surface area (Å²) in [6.07, 6.45) is 0.672. The minimum absolute atomic E-state index is 0.136. The fourth-order valence-corrected chi connectivity index (χ4v) is 2.48. The number of non-ortho nitro benzene ring substituents is 1. The van der Waals surface area contributed by atoms with Gasteiger partial charge in [-0.05, 0) is 30.2 Å². The number of hydrogen-bond acceptors (Lipinski definition) is 5. The highest BCUT2D eigenvalue weighted by atomic mass is 16.6. The molecule has 8 nitrogen and oxygen atoms in total. The van der Waals surface area contributed by atoms with Crippen molar-refractivity contribution in [2.75, 3.05) is 19.5 Å². The highest BCUT2D eigenvalue weighted by molar-refractivity contribution is 5.91. The van der Waals surface area contributed by atoms with Gasteiger partial charge in [-0.15, -0.1) is 0 Å². The number of nitro groups is 1. The Labute approximate surface area is 151 Å². The van der Waals surface area contributed by atoms with E-state index in [-0.39, 0.29) is 17.4 Å². The minimum Gasteiger partial charge on any atom is -0.497 e. The van der Waals surface area contributed by atoms with Gasteiger partial charge in [0, 0.05) is 12.1 Å². The van der Waals surface area contributed by atoms with Gasteiger partial charge in [0.1, 0.15) is 11.5 Å². The Morgan fingerprint density at radius 3 is 2.38 bits per heavy atom. The van der Waals surface area contributed by atoms with E-state index < -0.39 is 11.0 Å². The molecule has 26 heavy (non-hydrogen) atoms. The lowest BCUT2D eigenvalue weighted by Crippen LogP contribution is -2.32. The maximum atomic E-state index is 12.4. The fourth-order valence-electron chi connectivity index (χ4n) is 2.48. The quantitative estimate of drug-likeness (QED) is 0.577. The van der Waals surface area contributed by atoms with Crippen LogP contribution in [-0.2, 0) is 0 Å². The van der Waals surface area contributed by atoms with E-state index in [9.17, 15) is 14.9 Å². The second-order valence-corrected chi connectivity index (χ2v) is 5.47. The molecule has 0 aliphatic heterocycles. The monoisotopic (exact) mass is 359 g/mol. The van der Waals surface area contributed by atoms with Crippen LogP contribution in [0.3, 0.4) is 0 Å². The molecule has 0 unspecified atom stereocenters. The van der Waals surface area contributed by atoms with E-state index >= 15 is 0 Å². The molecule has 0 aromatic heterocycles. The largest absolute Gasteiger partial charge is 0.497 e. The molecule has 8 heteroatoms. The predicted molar refractivity (Wildman–Crippen MR) is 97.8 cm³/mol.